The van der Waals surface area contributed by atoms with Crippen LogP contribution in [0.15, 0.2) is 48.5 Å². The maximum absolute atomic E-state index is 13.4. The Labute approximate surface area is 122 Å². The number of carbonyl (C=O) groups is 1. The Kier molecular flexibility index (Phi) is 4.58. The summed E-state index contributed by atoms with van der Waals surface area (Å²) < 4.78 is 13.4. The molecule has 0 bridgehead atoms. The van der Waals surface area contributed by atoms with E-state index in [0.29, 0.717) is 11.6 Å². The first kappa shape index (κ1) is 14.3. The second kappa shape index (κ2) is 6.39. The Morgan fingerprint density at radius 2 is 1.85 bits per heavy atom. The molecule has 0 atom stereocenters. The van der Waals surface area contributed by atoms with Crippen LogP contribution in [0, 0.1) is 5.82 Å². The van der Waals surface area contributed by atoms with Crippen LogP contribution in [0.25, 0.3) is 0 Å². The number of hydrogen-bond donors (Lipinski definition) is 1. The highest BCUT2D eigenvalue weighted by Crippen LogP contribution is 2.14. The van der Waals surface area contributed by atoms with Crippen molar-refractivity contribution in [2.24, 2.45) is 0 Å². The van der Waals surface area contributed by atoms with Crippen molar-refractivity contribution in [3.63, 3.8) is 0 Å². The van der Waals surface area contributed by atoms with Gasteiger partial charge in [-0.1, -0.05) is 35.9 Å². The van der Waals surface area contributed by atoms with E-state index in [0.717, 1.165) is 5.56 Å². The first-order valence-electron chi connectivity index (χ1n) is 6.07. The Morgan fingerprint density at radius 1 is 1.20 bits per heavy atom. The summed E-state index contributed by atoms with van der Waals surface area (Å²) in [5, 5.41) is 3.17. The number of rotatable bonds is 3. The number of para-hydroxylation sites is 1. The third kappa shape index (κ3) is 3.71. The van der Waals surface area contributed by atoms with E-state index in [1.54, 1.807) is 31.3 Å². The summed E-state index contributed by atoms with van der Waals surface area (Å²) >= 11 is 5.80. The molecule has 0 unspecified atom stereocenters. The maximum atomic E-state index is 13.4. The molecule has 2 amide bonds. The van der Waals surface area contributed by atoms with Crippen LogP contribution in [-0.2, 0) is 6.54 Å². The Balaban J connectivity index is 1.99. The molecule has 20 heavy (non-hydrogen) atoms. The monoisotopic (exact) mass is 292 g/mol. The van der Waals surface area contributed by atoms with E-state index in [9.17, 15) is 9.18 Å². The van der Waals surface area contributed by atoms with E-state index in [1.807, 2.05) is 12.1 Å². The summed E-state index contributed by atoms with van der Waals surface area (Å²) in [6.45, 7) is 0.414. The quantitative estimate of drug-likeness (QED) is 0.906. The zero-order chi connectivity index (χ0) is 14.5. The average Bonchev–Trinajstić information content (AvgIpc) is 2.44. The van der Waals surface area contributed by atoms with Gasteiger partial charge in [0.25, 0.3) is 0 Å². The van der Waals surface area contributed by atoms with Gasteiger partial charge in [-0.3, -0.25) is 0 Å². The van der Waals surface area contributed by atoms with Gasteiger partial charge in [-0.2, -0.15) is 0 Å². The van der Waals surface area contributed by atoms with Crippen LogP contribution in [0.2, 0.25) is 5.02 Å². The Bertz CT molecular complexity index is 601. The van der Waals surface area contributed by atoms with Crippen molar-refractivity contribution in [1.29, 1.82) is 0 Å². The fraction of sp³-hybridized carbons (Fsp3) is 0.133. The van der Waals surface area contributed by atoms with E-state index >= 15 is 0 Å². The molecule has 1 N–H and O–H groups in total. The number of hydrogen-bond acceptors (Lipinski definition) is 1. The molecule has 0 spiro atoms. The second-order valence-electron chi connectivity index (χ2n) is 4.39. The zero-order valence-corrected chi connectivity index (χ0v) is 11.7. The number of urea groups is 1. The smallest absolute Gasteiger partial charge is 0.321 e. The van der Waals surface area contributed by atoms with Crippen molar-refractivity contribution in [1.82, 2.24) is 4.90 Å². The molecular formula is C15H14ClFN2O. The summed E-state index contributed by atoms with van der Waals surface area (Å²) in [6.07, 6.45) is 0. The number of nitrogens with one attached hydrogen (secondary N) is 1. The minimum atomic E-state index is -0.458. The van der Waals surface area contributed by atoms with Gasteiger partial charge in [-0.05, 0) is 29.8 Å². The fourth-order valence-corrected chi connectivity index (χ4v) is 1.83. The normalized spacial score (nSPS) is 10.2. The minimum absolute atomic E-state index is 0.167. The fourth-order valence-electron chi connectivity index (χ4n) is 1.71. The number of carbonyl (C=O) groups excluding carboxylic acids is 1. The van der Waals surface area contributed by atoms with Gasteiger partial charge in [-0.15, -0.1) is 0 Å². The molecule has 0 radical (unpaired) electrons. The maximum Gasteiger partial charge on any atom is 0.321 e. The van der Waals surface area contributed by atoms with E-state index in [2.05, 4.69) is 5.32 Å². The van der Waals surface area contributed by atoms with Crippen molar-refractivity contribution in [2.45, 2.75) is 6.54 Å². The number of nitrogens with zero attached hydrogens (tertiary/aromatic N) is 1. The molecule has 2 aromatic rings. The average molecular weight is 293 g/mol. The molecule has 0 saturated carbocycles. The van der Waals surface area contributed by atoms with Gasteiger partial charge in [0.15, 0.2) is 0 Å². The summed E-state index contributed by atoms with van der Waals surface area (Å²) in [6, 6.07) is 12.9. The molecule has 0 aliphatic rings. The molecule has 0 aliphatic carbocycles. The molecule has 104 valence electrons. The summed E-state index contributed by atoms with van der Waals surface area (Å²) in [7, 11) is 1.64. The van der Waals surface area contributed by atoms with Gasteiger partial charge in [-0.25, -0.2) is 9.18 Å². The molecular weight excluding hydrogens is 279 g/mol. The van der Waals surface area contributed by atoms with Crippen LogP contribution in [0.5, 0.6) is 0 Å². The predicted octanol–water partition coefficient (Wildman–Crippen LogP) is 4.14. The summed E-state index contributed by atoms with van der Waals surface area (Å²) in [5.74, 6) is -0.458. The molecule has 0 aromatic heterocycles. The van der Waals surface area contributed by atoms with Crippen LogP contribution in [0.3, 0.4) is 0 Å². The summed E-state index contributed by atoms with van der Waals surface area (Å²) in [4.78, 5) is 13.4. The van der Waals surface area contributed by atoms with Gasteiger partial charge in [0.2, 0.25) is 0 Å². The summed E-state index contributed by atoms with van der Waals surface area (Å²) in [5.41, 5.74) is 1.11. The zero-order valence-electron chi connectivity index (χ0n) is 10.9. The van der Waals surface area contributed by atoms with Gasteiger partial charge in [0.1, 0.15) is 5.82 Å². The Hall–Kier alpha value is -2.07. The van der Waals surface area contributed by atoms with Crippen molar-refractivity contribution < 1.29 is 9.18 Å². The minimum Gasteiger partial charge on any atom is -0.323 e. The lowest BCUT2D eigenvalue weighted by atomic mass is 10.2. The molecule has 3 nitrogen and oxygen atoms in total. The lowest BCUT2D eigenvalue weighted by Crippen LogP contribution is -2.31. The highest BCUT2D eigenvalue weighted by atomic mass is 35.5. The number of halogens is 2. The van der Waals surface area contributed by atoms with Crippen LogP contribution in [0.4, 0.5) is 14.9 Å². The Morgan fingerprint density at radius 3 is 2.50 bits per heavy atom. The number of benzene rings is 2. The first-order chi connectivity index (χ1) is 9.56. The van der Waals surface area contributed by atoms with Gasteiger partial charge >= 0.3 is 6.03 Å². The van der Waals surface area contributed by atoms with Crippen molar-refractivity contribution in [3.05, 3.63) is 64.9 Å². The first-order valence-corrected chi connectivity index (χ1v) is 6.45. The van der Waals surface area contributed by atoms with Crippen LogP contribution >= 0.6 is 11.6 Å². The lowest BCUT2D eigenvalue weighted by molar-refractivity contribution is 0.220. The lowest BCUT2D eigenvalue weighted by Gasteiger charge is -2.18. The van der Waals surface area contributed by atoms with E-state index in [-0.39, 0.29) is 11.7 Å². The third-order valence-electron chi connectivity index (χ3n) is 2.80. The largest absolute Gasteiger partial charge is 0.323 e. The van der Waals surface area contributed by atoms with Gasteiger partial charge < -0.3 is 10.2 Å². The molecule has 5 heteroatoms. The van der Waals surface area contributed by atoms with E-state index in [4.69, 9.17) is 11.6 Å². The second-order valence-corrected chi connectivity index (χ2v) is 4.83. The van der Waals surface area contributed by atoms with E-state index < -0.39 is 5.82 Å². The highest BCUT2D eigenvalue weighted by molar-refractivity contribution is 6.30. The van der Waals surface area contributed by atoms with Crippen LogP contribution < -0.4 is 5.32 Å². The molecule has 2 aromatic carbocycles. The number of amides is 2. The third-order valence-corrected chi connectivity index (χ3v) is 3.05. The topological polar surface area (TPSA) is 32.3 Å². The highest BCUT2D eigenvalue weighted by Gasteiger charge is 2.11. The number of anilines is 1. The van der Waals surface area contributed by atoms with Crippen molar-refractivity contribution in [2.75, 3.05) is 12.4 Å². The molecule has 0 fully saturated rings. The molecule has 0 heterocycles. The van der Waals surface area contributed by atoms with Crippen LogP contribution in [-0.4, -0.2) is 18.0 Å². The van der Waals surface area contributed by atoms with Crippen molar-refractivity contribution >= 4 is 23.3 Å². The standard InChI is InChI=1S/C15H14ClFN2O/c1-19(10-11-6-8-12(16)9-7-11)15(20)18-14-5-3-2-4-13(14)17/h2-9H,10H2,1H3,(H,18,20). The van der Waals surface area contributed by atoms with Gasteiger partial charge in [0.05, 0.1) is 5.69 Å². The molecule has 0 aliphatic heterocycles. The SMILES string of the molecule is CN(Cc1ccc(Cl)cc1)C(=O)Nc1ccccc1F. The molecule has 2 rings (SSSR count). The van der Waals surface area contributed by atoms with Crippen LogP contribution in [0.1, 0.15) is 5.56 Å². The molecule has 0 saturated heterocycles. The van der Waals surface area contributed by atoms with Crippen molar-refractivity contribution in [3.8, 4) is 0 Å². The van der Waals surface area contributed by atoms with Gasteiger partial charge in [0, 0.05) is 18.6 Å². The predicted molar refractivity (Wildman–Crippen MR) is 78.3 cm³/mol. The van der Waals surface area contributed by atoms with E-state index in [1.165, 1.54) is 17.0 Å².